The van der Waals surface area contributed by atoms with E-state index in [-0.39, 0.29) is 23.9 Å². The summed E-state index contributed by atoms with van der Waals surface area (Å²) in [4.78, 5) is 31.6. The molecular formula is C21H24F2N6O2. The average Bonchev–Trinajstić information content (AvgIpc) is 2.99. The SMILES string of the molecule is Cc1nc2c(c(N3CCC3)n1)[C@@H](C)N(C(=O)OC1CN(c3ccnc(C(F)F)c3)C1)C2. The van der Waals surface area contributed by atoms with Gasteiger partial charge in [-0.25, -0.2) is 23.5 Å². The molecular weight excluding hydrogens is 406 g/mol. The first kappa shape index (κ1) is 19.9. The van der Waals surface area contributed by atoms with Crippen molar-refractivity contribution in [3.8, 4) is 0 Å². The van der Waals surface area contributed by atoms with Gasteiger partial charge in [0.15, 0.2) is 0 Å². The maximum Gasteiger partial charge on any atom is 0.411 e. The molecule has 5 rings (SSSR count). The molecule has 2 aromatic heterocycles. The van der Waals surface area contributed by atoms with Gasteiger partial charge in [-0.15, -0.1) is 0 Å². The maximum atomic E-state index is 12.9. The van der Waals surface area contributed by atoms with Crippen LogP contribution in [0.1, 0.15) is 48.6 Å². The summed E-state index contributed by atoms with van der Waals surface area (Å²) in [7, 11) is 0. The van der Waals surface area contributed by atoms with Crippen LogP contribution in [0.5, 0.6) is 0 Å². The second-order valence-electron chi connectivity index (χ2n) is 8.25. The Labute approximate surface area is 178 Å². The first-order valence-electron chi connectivity index (χ1n) is 10.5. The largest absolute Gasteiger partial charge is 0.442 e. The van der Waals surface area contributed by atoms with Crippen molar-refractivity contribution in [2.24, 2.45) is 0 Å². The molecule has 0 radical (unpaired) electrons. The number of aromatic nitrogens is 3. The summed E-state index contributed by atoms with van der Waals surface area (Å²) < 4.78 is 31.4. The molecule has 3 aliphatic rings. The quantitative estimate of drug-likeness (QED) is 0.737. The minimum Gasteiger partial charge on any atom is -0.442 e. The second-order valence-corrected chi connectivity index (χ2v) is 8.25. The standard InChI is InChI=1S/C21H24F2N6O2/c1-12-18-17(25-13(2)26-20(18)27-6-3-7-27)11-29(12)21(30)31-15-9-28(10-15)14-4-5-24-16(8-14)19(22)23/h4-5,8,12,15,19H,3,6-7,9-11H2,1-2H3/t12-/m1/s1. The van der Waals surface area contributed by atoms with E-state index in [1.807, 2.05) is 18.7 Å². The summed E-state index contributed by atoms with van der Waals surface area (Å²) >= 11 is 0. The highest BCUT2D eigenvalue weighted by molar-refractivity contribution is 5.71. The highest BCUT2D eigenvalue weighted by Crippen LogP contribution is 2.40. The third kappa shape index (κ3) is 3.53. The molecule has 0 aliphatic carbocycles. The molecule has 8 nitrogen and oxygen atoms in total. The smallest absolute Gasteiger partial charge is 0.411 e. The van der Waals surface area contributed by atoms with E-state index in [1.165, 1.54) is 12.3 Å². The number of halogens is 2. The van der Waals surface area contributed by atoms with E-state index < -0.39 is 6.43 Å². The third-order valence-electron chi connectivity index (χ3n) is 6.18. The van der Waals surface area contributed by atoms with Crippen LogP contribution in [-0.2, 0) is 11.3 Å². The van der Waals surface area contributed by atoms with Gasteiger partial charge >= 0.3 is 6.09 Å². The molecule has 0 aromatic carbocycles. The molecule has 2 saturated heterocycles. The molecule has 10 heteroatoms. The summed E-state index contributed by atoms with van der Waals surface area (Å²) in [5.74, 6) is 1.64. The highest BCUT2D eigenvalue weighted by atomic mass is 19.3. The van der Waals surface area contributed by atoms with Crippen molar-refractivity contribution in [2.45, 2.75) is 45.4 Å². The Balaban J connectivity index is 1.23. The fourth-order valence-corrected chi connectivity index (χ4v) is 4.30. The van der Waals surface area contributed by atoms with Crippen LogP contribution < -0.4 is 9.80 Å². The first-order valence-corrected chi connectivity index (χ1v) is 10.5. The van der Waals surface area contributed by atoms with Crippen molar-refractivity contribution in [1.29, 1.82) is 0 Å². The van der Waals surface area contributed by atoms with Crippen molar-refractivity contribution in [3.63, 3.8) is 0 Å². The minimum absolute atomic E-state index is 0.163. The predicted octanol–water partition coefficient (Wildman–Crippen LogP) is 3.23. The van der Waals surface area contributed by atoms with Gasteiger partial charge in [-0.05, 0) is 32.4 Å². The predicted molar refractivity (Wildman–Crippen MR) is 109 cm³/mol. The second kappa shape index (κ2) is 7.58. The number of fused-ring (bicyclic) bond motifs is 1. The number of anilines is 2. The van der Waals surface area contributed by atoms with Gasteiger partial charge in [0.25, 0.3) is 6.43 Å². The molecule has 0 spiro atoms. The van der Waals surface area contributed by atoms with E-state index in [1.54, 1.807) is 11.0 Å². The average molecular weight is 430 g/mol. The van der Waals surface area contributed by atoms with Gasteiger partial charge in [0.2, 0.25) is 0 Å². The maximum absolute atomic E-state index is 12.9. The lowest BCUT2D eigenvalue weighted by Crippen LogP contribution is -2.54. The van der Waals surface area contributed by atoms with Crippen LogP contribution in [0, 0.1) is 6.92 Å². The summed E-state index contributed by atoms with van der Waals surface area (Å²) in [5, 5.41) is 0. The number of carbonyl (C=O) groups is 1. The highest BCUT2D eigenvalue weighted by Gasteiger charge is 2.40. The fraction of sp³-hybridized carbons (Fsp3) is 0.524. The third-order valence-corrected chi connectivity index (χ3v) is 6.18. The Bertz CT molecular complexity index is 1010. The molecule has 1 amide bonds. The Morgan fingerprint density at radius 1 is 1.23 bits per heavy atom. The van der Waals surface area contributed by atoms with E-state index in [9.17, 15) is 13.6 Å². The molecule has 3 aliphatic heterocycles. The lowest BCUT2D eigenvalue weighted by molar-refractivity contribution is 0.0426. The van der Waals surface area contributed by atoms with E-state index >= 15 is 0 Å². The molecule has 0 saturated carbocycles. The van der Waals surface area contributed by atoms with Crippen LogP contribution in [0.3, 0.4) is 0 Å². The number of nitrogens with zero attached hydrogens (tertiary/aromatic N) is 6. The van der Waals surface area contributed by atoms with Crippen molar-refractivity contribution in [2.75, 3.05) is 36.0 Å². The van der Waals surface area contributed by atoms with Crippen molar-refractivity contribution in [1.82, 2.24) is 19.9 Å². The van der Waals surface area contributed by atoms with Gasteiger partial charge in [-0.3, -0.25) is 9.88 Å². The van der Waals surface area contributed by atoms with E-state index in [2.05, 4.69) is 19.9 Å². The number of amides is 1. The monoisotopic (exact) mass is 430 g/mol. The fourth-order valence-electron chi connectivity index (χ4n) is 4.30. The zero-order valence-corrected chi connectivity index (χ0v) is 17.5. The molecule has 2 aromatic rings. The van der Waals surface area contributed by atoms with E-state index in [0.717, 1.165) is 36.6 Å². The number of hydrogen-bond acceptors (Lipinski definition) is 7. The molecule has 0 bridgehead atoms. The summed E-state index contributed by atoms with van der Waals surface area (Å²) in [6.07, 6.45) is -0.759. The molecule has 0 unspecified atom stereocenters. The van der Waals surface area contributed by atoms with Gasteiger partial charge in [-0.1, -0.05) is 0 Å². The lowest BCUT2D eigenvalue weighted by atomic mass is 10.1. The molecule has 1 atom stereocenters. The Kier molecular flexibility index (Phi) is 4.86. The number of alkyl halides is 2. The normalized spacial score (nSPS) is 20.5. The van der Waals surface area contributed by atoms with Crippen molar-refractivity contribution < 1.29 is 18.3 Å². The molecule has 31 heavy (non-hydrogen) atoms. The Morgan fingerprint density at radius 2 is 2.00 bits per heavy atom. The van der Waals surface area contributed by atoms with Crippen molar-refractivity contribution >= 4 is 17.6 Å². The van der Waals surface area contributed by atoms with Crippen molar-refractivity contribution in [3.05, 3.63) is 41.1 Å². The lowest BCUT2D eigenvalue weighted by Gasteiger charge is -2.41. The first-order chi connectivity index (χ1) is 14.9. The number of ether oxygens (including phenoxy) is 1. The van der Waals surface area contributed by atoms with Gasteiger partial charge in [0.05, 0.1) is 31.4 Å². The summed E-state index contributed by atoms with van der Waals surface area (Å²) in [5.41, 5.74) is 2.29. The topological polar surface area (TPSA) is 74.7 Å². The number of hydrogen-bond donors (Lipinski definition) is 0. The van der Waals surface area contributed by atoms with E-state index in [4.69, 9.17) is 4.74 Å². The van der Waals surface area contributed by atoms with Crippen LogP contribution in [0.4, 0.5) is 25.1 Å². The number of rotatable bonds is 4. The van der Waals surface area contributed by atoms with Crippen LogP contribution in [-0.4, -0.2) is 58.2 Å². The number of carbonyl (C=O) groups excluding carboxylic acids is 1. The van der Waals surface area contributed by atoms with Crippen LogP contribution in [0.15, 0.2) is 18.3 Å². The molecule has 2 fully saturated rings. The minimum atomic E-state index is -2.61. The molecule has 5 heterocycles. The molecule has 0 N–H and O–H groups in total. The number of aryl methyl sites for hydroxylation is 1. The Morgan fingerprint density at radius 3 is 2.68 bits per heavy atom. The number of pyridine rings is 1. The van der Waals surface area contributed by atoms with Gasteiger partial charge in [-0.2, -0.15) is 0 Å². The van der Waals surface area contributed by atoms with Gasteiger partial charge < -0.3 is 14.5 Å². The van der Waals surface area contributed by atoms with Crippen LogP contribution >= 0.6 is 0 Å². The zero-order valence-electron chi connectivity index (χ0n) is 17.5. The van der Waals surface area contributed by atoms with Crippen LogP contribution in [0.25, 0.3) is 0 Å². The zero-order chi connectivity index (χ0) is 21.7. The summed E-state index contributed by atoms with van der Waals surface area (Å²) in [6.45, 7) is 7.12. The van der Waals surface area contributed by atoms with Gasteiger partial charge in [0, 0.05) is 30.5 Å². The summed E-state index contributed by atoms with van der Waals surface area (Å²) in [6, 6.07) is 2.89. The van der Waals surface area contributed by atoms with E-state index in [0.29, 0.717) is 31.1 Å². The molecule has 164 valence electrons. The van der Waals surface area contributed by atoms with Crippen LogP contribution in [0.2, 0.25) is 0 Å². The van der Waals surface area contributed by atoms with Gasteiger partial charge in [0.1, 0.15) is 23.4 Å². The Hall–Kier alpha value is -3.04.